The molecular formula is C19H25N3O. The van der Waals surface area contributed by atoms with E-state index in [2.05, 4.69) is 58.6 Å². The molecule has 0 spiro atoms. The lowest BCUT2D eigenvalue weighted by molar-refractivity contribution is 0.315. The van der Waals surface area contributed by atoms with E-state index < -0.39 is 0 Å². The van der Waals surface area contributed by atoms with Crippen molar-refractivity contribution in [1.82, 2.24) is 16.2 Å². The third kappa shape index (κ3) is 4.32. The summed E-state index contributed by atoms with van der Waals surface area (Å²) < 4.78 is 6.07. The molecule has 0 aromatic heterocycles. The number of rotatable bonds is 7. The zero-order valence-electron chi connectivity index (χ0n) is 13.6. The number of hydrazine groups is 1. The molecule has 0 radical (unpaired) electrons. The van der Waals surface area contributed by atoms with Gasteiger partial charge in [-0.2, -0.15) is 0 Å². The van der Waals surface area contributed by atoms with E-state index >= 15 is 0 Å². The summed E-state index contributed by atoms with van der Waals surface area (Å²) >= 11 is 0. The second-order valence-electron chi connectivity index (χ2n) is 5.95. The largest absolute Gasteiger partial charge is 0.493 e. The van der Waals surface area contributed by atoms with Gasteiger partial charge in [-0.05, 0) is 25.1 Å². The minimum atomic E-state index is 0.293. The van der Waals surface area contributed by atoms with Crippen molar-refractivity contribution in [2.24, 2.45) is 0 Å². The first-order valence-corrected chi connectivity index (χ1v) is 8.28. The summed E-state index contributed by atoms with van der Waals surface area (Å²) in [6.07, 6.45) is 1.98. The normalized spacial score (nSPS) is 20.6. The molecule has 1 fully saturated rings. The minimum absolute atomic E-state index is 0.293. The Morgan fingerprint density at radius 3 is 2.65 bits per heavy atom. The fourth-order valence-corrected chi connectivity index (χ4v) is 3.03. The second-order valence-corrected chi connectivity index (χ2v) is 5.95. The van der Waals surface area contributed by atoms with Crippen LogP contribution >= 0.6 is 0 Å². The van der Waals surface area contributed by atoms with Crippen molar-refractivity contribution < 1.29 is 4.74 Å². The van der Waals surface area contributed by atoms with Crippen LogP contribution in [0, 0.1) is 0 Å². The molecule has 1 saturated heterocycles. The van der Waals surface area contributed by atoms with Crippen LogP contribution in [-0.2, 0) is 6.42 Å². The molecule has 1 aliphatic heterocycles. The van der Waals surface area contributed by atoms with Gasteiger partial charge >= 0.3 is 0 Å². The number of hydrogen-bond donors (Lipinski definition) is 3. The van der Waals surface area contributed by atoms with Crippen LogP contribution in [0.15, 0.2) is 54.6 Å². The van der Waals surface area contributed by atoms with Crippen molar-refractivity contribution in [3.8, 4) is 5.75 Å². The van der Waals surface area contributed by atoms with Crippen molar-refractivity contribution in [2.45, 2.75) is 24.9 Å². The number of nitrogens with one attached hydrogen (secondary N) is 3. The van der Waals surface area contributed by atoms with Crippen molar-refractivity contribution in [1.29, 1.82) is 0 Å². The first-order valence-electron chi connectivity index (χ1n) is 8.28. The van der Waals surface area contributed by atoms with Crippen LogP contribution in [-0.4, -0.2) is 26.2 Å². The van der Waals surface area contributed by atoms with Gasteiger partial charge in [0.2, 0.25) is 0 Å². The maximum atomic E-state index is 6.07. The molecule has 0 bridgehead atoms. The fraction of sp³-hybridized carbons (Fsp3) is 0.368. The van der Waals surface area contributed by atoms with Gasteiger partial charge in [0, 0.05) is 24.6 Å². The number of para-hydroxylation sites is 1. The monoisotopic (exact) mass is 311 g/mol. The first kappa shape index (κ1) is 16.0. The Bertz CT molecular complexity index is 603. The zero-order chi connectivity index (χ0) is 15.9. The molecule has 23 heavy (non-hydrogen) atoms. The number of benzene rings is 2. The third-order valence-corrected chi connectivity index (χ3v) is 4.22. The van der Waals surface area contributed by atoms with Crippen molar-refractivity contribution in [2.75, 3.05) is 20.2 Å². The summed E-state index contributed by atoms with van der Waals surface area (Å²) in [5.41, 5.74) is 9.27. The van der Waals surface area contributed by atoms with Crippen molar-refractivity contribution >= 4 is 0 Å². The molecular weight excluding hydrogens is 286 g/mol. The van der Waals surface area contributed by atoms with Gasteiger partial charge in [0.1, 0.15) is 5.75 Å². The second kappa shape index (κ2) is 8.11. The summed E-state index contributed by atoms with van der Waals surface area (Å²) in [6, 6.07) is 19.5. The lowest BCUT2D eigenvalue weighted by atomic mass is 10.0. The van der Waals surface area contributed by atoms with E-state index in [1.807, 2.05) is 19.2 Å². The van der Waals surface area contributed by atoms with E-state index in [0.717, 1.165) is 25.1 Å². The molecule has 0 amide bonds. The Morgan fingerprint density at radius 1 is 1.04 bits per heavy atom. The van der Waals surface area contributed by atoms with E-state index in [1.54, 1.807) is 0 Å². The topological polar surface area (TPSA) is 45.3 Å². The quantitative estimate of drug-likeness (QED) is 0.735. The van der Waals surface area contributed by atoms with Gasteiger partial charge in [0.05, 0.1) is 12.6 Å². The highest BCUT2D eigenvalue weighted by atomic mass is 16.5. The van der Waals surface area contributed by atoms with Crippen LogP contribution in [0.2, 0.25) is 0 Å². The lowest BCUT2D eigenvalue weighted by Gasteiger charge is -2.16. The molecule has 3 rings (SSSR count). The van der Waals surface area contributed by atoms with Gasteiger partial charge in [0.15, 0.2) is 0 Å². The predicted octanol–water partition coefficient (Wildman–Crippen LogP) is 2.44. The average Bonchev–Trinajstić information content (AvgIpc) is 3.05. The smallest absolute Gasteiger partial charge is 0.124 e. The molecule has 2 aromatic rings. The molecule has 2 unspecified atom stereocenters. The molecule has 0 aliphatic carbocycles. The first-order chi connectivity index (χ1) is 11.4. The molecule has 3 N–H and O–H groups in total. The number of ether oxygens (including phenoxy) is 1. The van der Waals surface area contributed by atoms with Gasteiger partial charge in [-0.15, -0.1) is 0 Å². The van der Waals surface area contributed by atoms with E-state index in [4.69, 9.17) is 4.74 Å². The van der Waals surface area contributed by atoms with Crippen LogP contribution in [0.4, 0.5) is 0 Å². The average molecular weight is 311 g/mol. The predicted molar refractivity (Wildman–Crippen MR) is 93.4 cm³/mol. The zero-order valence-corrected chi connectivity index (χ0v) is 13.6. The summed E-state index contributed by atoms with van der Waals surface area (Å²) in [4.78, 5) is 0. The Labute approximate surface area is 138 Å². The van der Waals surface area contributed by atoms with Gasteiger partial charge in [-0.3, -0.25) is 5.43 Å². The molecule has 1 heterocycles. The molecule has 1 aliphatic rings. The SMILES string of the molecule is CNCC1CC(c2ccccc2OCCc2ccccc2)NN1. The Balaban J connectivity index is 1.60. The van der Waals surface area contributed by atoms with Crippen molar-refractivity contribution in [3.63, 3.8) is 0 Å². The summed E-state index contributed by atoms with van der Waals surface area (Å²) in [7, 11) is 1.98. The van der Waals surface area contributed by atoms with Gasteiger partial charge in [-0.25, -0.2) is 5.43 Å². The van der Waals surface area contributed by atoms with Crippen LogP contribution < -0.4 is 20.9 Å². The Kier molecular flexibility index (Phi) is 5.64. The van der Waals surface area contributed by atoms with Gasteiger partial charge < -0.3 is 10.1 Å². The minimum Gasteiger partial charge on any atom is -0.493 e. The standard InChI is InChI=1S/C19H25N3O/c1-20-14-16-13-18(22-21-16)17-9-5-6-10-19(17)23-12-11-15-7-3-2-4-8-15/h2-10,16,18,20-22H,11-14H2,1H3. The summed E-state index contributed by atoms with van der Waals surface area (Å²) in [5.74, 6) is 0.979. The van der Waals surface area contributed by atoms with Gasteiger partial charge in [0.25, 0.3) is 0 Å². The fourth-order valence-electron chi connectivity index (χ4n) is 3.03. The molecule has 122 valence electrons. The van der Waals surface area contributed by atoms with E-state index in [0.29, 0.717) is 18.7 Å². The number of likely N-dealkylation sites (N-methyl/N-ethyl adjacent to an activating group) is 1. The molecule has 4 nitrogen and oxygen atoms in total. The molecule has 0 saturated carbocycles. The maximum absolute atomic E-state index is 6.07. The Morgan fingerprint density at radius 2 is 1.83 bits per heavy atom. The van der Waals surface area contributed by atoms with Crippen LogP contribution in [0.25, 0.3) is 0 Å². The summed E-state index contributed by atoms with van der Waals surface area (Å²) in [5, 5.41) is 3.21. The third-order valence-electron chi connectivity index (χ3n) is 4.22. The Hall–Kier alpha value is -1.88. The van der Waals surface area contributed by atoms with E-state index in [9.17, 15) is 0 Å². The van der Waals surface area contributed by atoms with Crippen LogP contribution in [0.1, 0.15) is 23.6 Å². The lowest BCUT2D eigenvalue weighted by Crippen LogP contribution is -2.36. The maximum Gasteiger partial charge on any atom is 0.124 e. The van der Waals surface area contributed by atoms with E-state index in [-0.39, 0.29) is 0 Å². The highest BCUT2D eigenvalue weighted by molar-refractivity contribution is 5.36. The molecule has 2 aromatic carbocycles. The van der Waals surface area contributed by atoms with Crippen LogP contribution in [0.5, 0.6) is 5.75 Å². The highest BCUT2D eigenvalue weighted by Crippen LogP contribution is 2.30. The molecule has 4 heteroatoms. The highest BCUT2D eigenvalue weighted by Gasteiger charge is 2.26. The molecule has 2 atom stereocenters. The van der Waals surface area contributed by atoms with Gasteiger partial charge in [-0.1, -0.05) is 48.5 Å². The number of hydrogen-bond acceptors (Lipinski definition) is 4. The van der Waals surface area contributed by atoms with Crippen LogP contribution in [0.3, 0.4) is 0 Å². The summed E-state index contributed by atoms with van der Waals surface area (Å²) in [6.45, 7) is 1.65. The van der Waals surface area contributed by atoms with Crippen molar-refractivity contribution in [3.05, 3.63) is 65.7 Å². The van der Waals surface area contributed by atoms with E-state index in [1.165, 1.54) is 11.1 Å².